The van der Waals surface area contributed by atoms with Crippen LogP contribution in [-0.4, -0.2) is 40.0 Å². The Morgan fingerprint density at radius 3 is 2.53 bits per heavy atom. The van der Waals surface area contributed by atoms with Crippen molar-refractivity contribution in [1.29, 1.82) is 0 Å². The Kier molecular flexibility index (Phi) is 4.26. The average Bonchev–Trinajstić information content (AvgIpc) is 2.26. The van der Waals surface area contributed by atoms with Crippen molar-refractivity contribution in [2.45, 2.75) is 26.4 Å². The largest absolute Gasteiger partial charge is 0.389 e. The zero-order valence-electron chi connectivity index (χ0n) is 11.5. The number of nitrogens with zero attached hydrogens (tertiary/aromatic N) is 2. The number of carbonyl (C=O) groups is 1. The van der Waals surface area contributed by atoms with Crippen molar-refractivity contribution >= 4 is 11.6 Å². The minimum Gasteiger partial charge on any atom is -0.389 e. The molecule has 0 bridgehead atoms. The van der Waals surface area contributed by atoms with Crippen LogP contribution in [0.1, 0.15) is 29.8 Å². The van der Waals surface area contributed by atoms with Crippen molar-refractivity contribution in [2.24, 2.45) is 0 Å². The molecule has 1 amide bonds. The van der Waals surface area contributed by atoms with Crippen LogP contribution >= 0.6 is 0 Å². The van der Waals surface area contributed by atoms with Crippen molar-refractivity contribution in [3.8, 4) is 0 Å². The molecule has 0 saturated carbocycles. The van der Waals surface area contributed by atoms with Gasteiger partial charge in [0.05, 0.1) is 10.5 Å². The van der Waals surface area contributed by atoms with Crippen molar-refractivity contribution in [3.05, 3.63) is 39.4 Å². The van der Waals surface area contributed by atoms with Gasteiger partial charge in [-0.05, 0) is 26.3 Å². The number of non-ortho nitro benzene ring substituents is 1. The first-order valence-corrected chi connectivity index (χ1v) is 5.85. The van der Waals surface area contributed by atoms with Gasteiger partial charge >= 0.3 is 0 Å². The van der Waals surface area contributed by atoms with E-state index in [2.05, 4.69) is 0 Å². The van der Waals surface area contributed by atoms with Crippen molar-refractivity contribution in [2.75, 3.05) is 13.6 Å². The molecule has 0 aromatic heterocycles. The fourth-order valence-corrected chi connectivity index (χ4v) is 1.81. The highest BCUT2D eigenvalue weighted by molar-refractivity contribution is 5.96. The van der Waals surface area contributed by atoms with Gasteiger partial charge in [0.2, 0.25) is 0 Å². The van der Waals surface area contributed by atoms with E-state index in [0.29, 0.717) is 5.56 Å². The van der Waals surface area contributed by atoms with Gasteiger partial charge in [-0.25, -0.2) is 0 Å². The van der Waals surface area contributed by atoms with Gasteiger partial charge < -0.3 is 10.0 Å². The number of aryl methyl sites for hydroxylation is 1. The first-order chi connectivity index (χ1) is 8.61. The molecule has 6 nitrogen and oxygen atoms in total. The molecule has 1 N–H and O–H groups in total. The Bertz CT molecular complexity index is 506. The van der Waals surface area contributed by atoms with E-state index in [0.717, 1.165) is 0 Å². The lowest BCUT2D eigenvalue weighted by atomic mass is 10.1. The van der Waals surface area contributed by atoms with Gasteiger partial charge in [0.25, 0.3) is 11.6 Å². The minimum atomic E-state index is -1.01. The zero-order valence-corrected chi connectivity index (χ0v) is 11.5. The summed E-state index contributed by atoms with van der Waals surface area (Å²) in [6.45, 7) is 5.05. The lowest BCUT2D eigenvalue weighted by Gasteiger charge is -2.26. The van der Waals surface area contributed by atoms with Crippen LogP contribution in [-0.2, 0) is 0 Å². The van der Waals surface area contributed by atoms with Crippen LogP contribution in [0.3, 0.4) is 0 Å². The Labute approximate surface area is 111 Å². The molecule has 1 rings (SSSR count). The number of amides is 1. The summed E-state index contributed by atoms with van der Waals surface area (Å²) < 4.78 is 0. The fraction of sp³-hybridized carbons (Fsp3) is 0.462. The predicted octanol–water partition coefficient (Wildman–Crippen LogP) is 1.75. The second kappa shape index (κ2) is 5.36. The summed E-state index contributed by atoms with van der Waals surface area (Å²) >= 11 is 0. The molecule has 0 spiro atoms. The predicted molar refractivity (Wildman–Crippen MR) is 71.1 cm³/mol. The summed E-state index contributed by atoms with van der Waals surface area (Å²) in [7, 11) is 1.55. The first-order valence-electron chi connectivity index (χ1n) is 5.85. The van der Waals surface area contributed by atoms with Gasteiger partial charge in [-0.3, -0.25) is 14.9 Å². The van der Waals surface area contributed by atoms with E-state index in [1.165, 1.54) is 17.0 Å². The molecule has 0 atom stereocenters. The first kappa shape index (κ1) is 15.1. The second-order valence-electron chi connectivity index (χ2n) is 5.23. The van der Waals surface area contributed by atoms with Gasteiger partial charge in [0, 0.05) is 31.3 Å². The third-order valence-corrected chi connectivity index (χ3v) is 2.63. The molecule has 0 heterocycles. The number of aliphatic hydroxyl groups is 1. The van der Waals surface area contributed by atoms with E-state index in [1.54, 1.807) is 33.9 Å². The Hall–Kier alpha value is -1.95. The lowest BCUT2D eigenvalue weighted by Crippen LogP contribution is -2.39. The van der Waals surface area contributed by atoms with Crippen molar-refractivity contribution in [3.63, 3.8) is 0 Å². The number of likely N-dealkylation sites (N-methyl/N-ethyl adjacent to an activating group) is 1. The molecule has 0 aliphatic rings. The molecule has 104 valence electrons. The Balaban J connectivity index is 3.05. The van der Waals surface area contributed by atoms with E-state index in [-0.39, 0.29) is 23.7 Å². The normalized spacial score (nSPS) is 11.2. The lowest BCUT2D eigenvalue weighted by molar-refractivity contribution is -0.384. The maximum Gasteiger partial charge on any atom is 0.270 e. The third-order valence-electron chi connectivity index (χ3n) is 2.63. The summed E-state index contributed by atoms with van der Waals surface area (Å²) in [5.41, 5.74) is -0.191. The second-order valence-corrected chi connectivity index (χ2v) is 5.23. The molecule has 0 saturated heterocycles. The van der Waals surface area contributed by atoms with Gasteiger partial charge in [-0.1, -0.05) is 6.07 Å². The van der Waals surface area contributed by atoms with E-state index < -0.39 is 10.5 Å². The highest BCUT2D eigenvalue weighted by Crippen LogP contribution is 2.19. The molecule has 1 aromatic carbocycles. The number of carbonyl (C=O) groups excluding carboxylic acids is 1. The third kappa shape index (κ3) is 4.03. The highest BCUT2D eigenvalue weighted by Gasteiger charge is 2.22. The molecule has 0 aliphatic heterocycles. The molecule has 6 heteroatoms. The number of nitro benzene ring substituents is 1. The topological polar surface area (TPSA) is 83.7 Å². The Morgan fingerprint density at radius 1 is 1.47 bits per heavy atom. The number of benzene rings is 1. The molecule has 1 aromatic rings. The van der Waals surface area contributed by atoms with Crippen LogP contribution in [0.2, 0.25) is 0 Å². The van der Waals surface area contributed by atoms with Crippen LogP contribution < -0.4 is 0 Å². The van der Waals surface area contributed by atoms with Crippen LogP contribution in [0.4, 0.5) is 5.69 Å². The van der Waals surface area contributed by atoms with Crippen molar-refractivity contribution in [1.82, 2.24) is 4.90 Å². The maximum atomic E-state index is 12.2. The number of rotatable bonds is 4. The number of hydrogen-bond donors (Lipinski definition) is 1. The van der Waals surface area contributed by atoms with Crippen LogP contribution in [0.15, 0.2) is 18.2 Å². The average molecular weight is 266 g/mol. The standard InChI is InChI=1S/C13H18N2O4/c1-9-5-6-10(15(18)19)7-11(9)12(16)14(4)8-13(2,3)17/h5-7,17H,8H2,1-4H3. The van der Waals surface area contributed by atoms with E-state index >= 15 is 0 Å². The number of nitro groups is 1. The van der Waals surface area contributed by atoms with Gasteiger partial charge in [-0.2, -0.15) is 0 Å². The van der Waals surface area contributed by atoms with Gasteiger partial charge in [-0.15, -0.1) is 0 Å². The van der Waals surface area contributed by atoms with Gasteiger partial charge in [0.1, 0.15) is 0 Å². The van der Waals surface area contributed by atoms with Crippen LogP contribution in [0, 0.1) is 17.0 Å². The van der Waals surface area contributed by atoms with Crippen LogP contribution in [0.25, 0.3) is 0 Å². The summed E-state index contributed by atoms with van der Waals surface area (Å²) in [4.78, 5) is 23.8. The quantitative estimate of drug-likeness (QED) is 0.664. The smallest absolute Gasteiger partial charge is 0.270 e. The zero-order chi connectivity index (χ0) is 14.8. The Morgan fingerprint density at radius 2 is 2.05 bits per heavy atom. The van der Waals surface area contributed by atoms with Gasteiger partial charge in [0.15, 0.2) is 0 Å². The fourth-order valence-electron chi connectivity index (χ4n) is 1.81. The van der Waals surface area contributed by atoms with E-state index in [9.17, 15) is 20.0 Å². The van der Waals surface area contributed by atoms with E-state index in [1.807, 2.05) is 0 Å². The number of hydrogen-bond acceptors (Lipinski definition) is 4. The van der Waals surface area contributed by atoms with Crippen molar-refractivity contribution < 1.29 is 14.8 Å². The summed E-state index contributed by atoms with van der Waals surface area (Å²) in [5.74, 6) is -0.344. The molecule has 19 heavy (non-hydrogen) atoms. The summed E-state index contributed by atoms with van der Waals surface area (Å²) in [6, 6.07) is 4.17. The van der Waals surface area contributed by atoms with E-state index in [4.69, 9.17) is 0 Å². The molecular formula is C13H18N2O4. The SMILES string of the molecule is Cc1ccc([N+](=O)[O-])cc1C(=O)N(C)CC(C)(C)O. The summed E-state index contributed by atoms with van der Waals surface area (Å²) in [5, 5.41) is 20.4. The minimum absolute atomic E-state index is 0.120. The molecule has 0 radical (unpaired) electrons. The van der Waals surface area contributed by atoms with Crippen LogP contribution in [0.5, 0.6) is 0 Å². The molecular weight excluding hydrogens is 248 g/mol. The molecule has 0 aliphatic carbocycles. The molecule has 0 fully saturated rings. The molecule has 0 unspecified atom stereocenters. The highest BCUT2D eigenvalue weighted by atomic mass is 16.6. The maximum absolute atomic E-state index is 12.2. The summed E-state index contributed by atoms with van der Waals surface area (Å²) in [6.07, 6.45) is 0. The monoisotopic (exact) mass is 266 g/mol.